The molecule has 11 aromatic rings. The second kappa shape index (κ2) is 11.0. The van der Waals surface area contributed by atoms with Crippen molar-refractivity contribution >= 4 is 75.3 Å². The highest BCUT2D eigenvalue weighted by Crippen LogP contribution is 2.44. The third kappa shape index (κ3) is 4.32. The predicted molar refractivity (Wildman–Crippen MR) is 213 cm³/mol. The van der Waals surface area contributed by atoms with E-state index in [-0.39, 0.29) is 0 Å². The average Bonchev–Trinajstić information content (AvgIpc) is 3.87. The maximum Gasteiger partial charge on any atom is 0.160 e. The number of hydrogen-bond acceptors (Lipinski definition) is 4. The van der Waals surface area contributed by atoms with Crippen molar-refractivity contribution in [1.82, 2.24) is 14.5 Å². The summed E-state index contributed by atoms with van der Waals surface area (Å²) in [5.41, 5.74) is 9.99. The van der Waals surface area contributed by atoms with E-state index in [2.05, 4.69) is 150 Å². The second-order valence-electron chi connectivity index (χ2n) is 12.9. The summed E-state index contributed by atoms with van der Waals surface area (Å²) in [4.78, 5) is 10.5. The number of rotatable bonds is 4. The van der Waals surface area contributed by atoms with Crippen LogP contribution in [0.1, 0.15) is 0 Å². The van der Waals surface area contributed by atoms with Crippen molar-refractivity contribution in [2.45, 2.75) is 0 Å². The fraction of sp³-hybridized carbons (Fsp3) is 0. The van der Waals surface area contributed by atoms with Crippen LogP contribution in [-0.2, 0) is 0 Å². The van der Waals surface area contributed by atoms with E-state index in [9.17, 15) is 0 Å². The maximum atomic E-state index is 6.45. The van der Waals surface area contributed by atoms with Gasteiger partial charge in [-0.15, -0.1) is 11.3 Å². The number of para-hydroxylation sites is 2. The summed E-state index contributed by atoms with van der Waals surface area (Å²) in [5.74, 6) is 0.690. The highest BCUT2D eigenvalue weighted by molar-refractivity contribution is 7.26. The van der Waals surface area contributed by atoms with Gasteiger partial charge in [0.1, 0.15) is 11.2 Å². The molecule has 0 radical (unpaired) electrons. The van der Waals surface area contributed by atoms with E-state index < -0.39 is 0 Å². The minimum Gasteiger partial charge on any atom is -0.456 e. The number of benzene rings is 7. The van der Waals surface area contributed by atoms with Crippen molar-refractivity contribution in [2.75, 3.05) is 0 Å². The Labute approximate surface area is 296 Å². The van der Waals surface area contributed by atoms with Gasteiger partial charge in [0.15, 0.2) is 5.82 Å². The van der Waals surface area contributed by atoms with Crippen molar-refractivity contribution in [3.05, 3.63) is 164 Å². The molecule has 0 aliphatic heterocycles. The fourth-order valence-electron chi connectivity index (χ4n) is 7.78. The molecule has 0 spiro atoms. The molecule has 5 heteroatoms. The molecule has 0 unspecified atom stereocenters. The molecule has 0 N–H and O–H groups in total. The molecule has 0 saturated heterocycles. The van der Waals surface area contributed by atoms with Gasteiger partial charge in [-0.25, -0.2) is 9.97 Å². The molecule has 7 aromatic carbocycles. The molecule has 51 heavy (non-hydrogen) atoms. The fourth-order valence-corrected chi connectivity index (χ4v) is 8.89. The summed E-state index contributed by atoms with van der Waals surface area (Å²) in [7, 11) is 0. The zero-order chi connectivity index (χ0) is 33.5. The molecule has 0 aliphatic carbocycles. The van der Waals surface area contributed by atoms with E-state index in [0.717, 1.165) is 66.7 Å². The molecular formula is C46H27N3OS. The molecule has 0 bridgehead atoms. The van der Waals surface area contributed by atoms with Crippen molar-refractivity contribution in [3.63, 3.8) is 0 Å². The van der Waals surface area contributed by atoms with Crippen LogP contribution in [0.5, 0.6) is 0 Å². The zero-order valence-electron chi connectivity index (χ0n) is 27.2. The number of fused-ring (bicyclic) bond motifs is 10. The van der Waals surface area contributed by atoms with Gasteiger partial charge in [-0.1, -0.05) is 97.1 Å². The zero-order valence-corrected chi connectivity index (χ0v) is 28.1. The van der Waals surface area contributed by atoms with E-state index in [0.29, 0.717) is 5.82 Å². The Balaban J connectivity index is 1.18. The van der Waals surface area contributed by atoms with Crippen LogP contribution >= 0.6 is 11.3 Å². The van der Waals surface area contributed by atoms with Gasteiger partial charge in [0.2, 0.25) is 0 Å². The van der Waals surface area contributed by atoms with Crippen LogP contribution in [0.4, 0.5) is 0 Å². The number of aromatic nitrogens is 3. The normalized spacial score (nSPS) is 11.9. The lowest BCUT2D eigenvalue weighted by molar-refractivity contribution is 0.669. The molecular weight excluding hydrogens is 643 g/mol. The molecule has 4 aromatic heterocycles. The molecule has 0 amide bonds. The monoisotopic (exact) mass is 669 g/mol. The average molecular weight is 670 g/mol. The van der Waals surface area contributed by atoms with Crippen LogP contribution in [0.3, 0.4) is 0 Å². The van der Waals surface area contributed by atoms with Gasteiger partial charge in [-0.05, 0) is 66.7 Å². The Hall–Kier alpha value is -6.56. The summed E-state index contributed by atoms with van der Waals surface area (Å²) in [6, 6.07) is 57.6. The molecule has 0 saturated carbocycles. The number of furan rings is 1. The van der Waals surface area contributed by atoms with Crippen LogP contribution in [0.15, 0.2) is 168 Å². The van der Waals surface area contributed by atoms with Gasteiger partial charge in [0.05, 0.1) is 22.4 Å². The van der Waals surface area contributed by atoms with Crippen molar-refractivity contribution in [1.29, 1.82) is 0 Å². The quantitative estimate of drug-likeness (QED) is 0.187. The van der Waals surface area contributed by atoms with Gasteiger partial charge < -0.3 is 8.98 Å². The minimum atomic E-state index is 0.690. The summed E-state index contributed by atoms with van der Waals surface area (Å²) in [5, 5.41) is 7.10. The SMILES string of the molecule is c1ccc(-c2nc(-c3ccc4oc5ccc6sc7ccccc7c6c5c4c3)cc(-c3cccc4c3c3ccccc3n4-c3ccccc3)n2)cc1. The lowest BCUT2D eigenvalue weighted by atomic mass is 10.00. The maximum absolute atomic E-state index is 6.45. The number of thiophene rings is 1. The topological polar surface area (TPSA) is 43.9 Å². The van der Waals surface area contributed by atoms with E-state index in [1.807, 2.05) is 29.5 Å². The summed E-state index contributed by atoms with van der Waals surface area (Å²) >= 11 is 1.83. The summed E-state index contributed by atoms with van der Waals surface area (Å²) in [6.45, 7) is 0. The highest BCUT2D eigenvalue weighted by atomic mass is 32.1. The highest BCUT2D eigenvalue weighted by Gasteiger charge is 2.20. The smallest absolute Gasteiger partial charge is 0.160 e. The number of hydrogen-bond donors (Lipinski definition) is 0. The van der Waals surface area contributed by atoms with Crippen LogP contribution in [0.2, 0.25) is 0 Å². The minimum absolute atomic E-state index is 0.690. The Morgan fingerprint density at radius 2 is 1.18 bits per heavy atom. The van der Waals surface area contributed by atoms with Crippen molar-refractivity contribution in [2.24, 2.45) is 0 Å². The lowest BCUT2D eigenvalue weighted by Gasteiger charge is -2.11. The van der Waals surface area contributed by atoms with E-state index in [1.54, 1.807) is 0 Å². The van der Waals surface area contributed by atoms with Gasteiger partial charge in [-0.3, -0.25) is 0 Å². The number of nitrogens with zero attached hydrogens (tertiary/aromatic N) is 3. The molecule has 0 fully saturated rings. The Morgan fingerprint density at radius 1 is 0.451 bits per heavy atom. The van der Waals surface area contributed by atoms with E-state index in [4.69, 9.17) is 14.4 Å². The van der Waals surface area contributed by atoms with Crippen LogP contribution < -0.4 is 0 Å². The summed E-state index contributed by atoms with van der Waals surface area (Å²) in [6.07, 6.45) is 0. The van der Waals surface area contributed by atoms with E-state index >= 15 is 0 Å². The molecule has 238 valence electrons. The predicted octanol–water partition coefficient (Wildman–Crippen LogP) is 12.8. The Bertz CT molecular complexity index is 3140. The first-order valence-corrected chi connectivity index (χ1v) is 17.9. The van der Waals surface area contributed by atoms with Crippen molar-refractivity contribution < 1.29 is 4.42 Å². The van der Waals surface area contributed by atoms with Crippen LogP contribution in [-0.4, -0.2) is 14.5 Å². The van der Waals surface area contributed by atoms with Gasteiger partial charge in [-0.2, -0.15) is 0 Å². The van der Waals surface area contributed by atoms with Crippen molar-refractivity contribution in [3.8, 4) is 39.6 Å². The first-order valence-electron chi connectivity index (χ1n) is 17.1. The third-order valence-electron chi connectivity index (χ3n) is 10.0. The Morgan fingerprint density at radius 3 is 2.06 bits per heavy atom. The standard InChI is InChI=1S/C46H27N3OS/c1-3-12-28(13-4-1)46-47-35(29-22-23-39-34(26-29)44-40(50-39)24-25-42-45(44)33-17-8-10-21-41(33)51-42)27-36(48-46)31-18-11-20-38-43(31)32-16-7-9-19-37(32)49(38)30-14-5-2-6-15-30/h1-27H. The molecule has 4 heterocycles. The summed E-state index contributed by atoms with van der Waals surface area (Å²) < 4.78 is 11.3. The molecule has 0 aliphatic rings. The first-order chi connectivity index (χ1) is 25.3. The van der Waals surface area contributed by atoms with Gasteiger partial charge in [0.25, 0.3) is 0 Å². The first kappa shape index (κ1) is 28.3. The lowest BCUT2D eigenvalue weighted by Crippen LogP contribution is -1.96. The Kier molecular flexibility index (Phi) is 6.09. The largest absolute Gasteiger partial charge is 0.456 e. The third-order valence-corrected chi connectivity index (χ3v) is 11.2. The molecule has 4 nitrogen and oxygen atoms in total. The van der Waals surface area contributed by atoms with Crippen LogP contribution in [0.25, 0.3) is 104 Å². The van der Waals surface area contributed by atoms with Crippen LogP contribution in [0, 0.1) is 0 Å². The van der Waals surface area contributed by atoms with Gasteiger partial charge in [0, 0.05) is 64.1 Å². The molecule has 0 atom stereocenters. The molecule has 11 rings (SSSR count). The second-order valence-corrected chi connectivity index (χ2v) is 14.0. The van der Waals surface area contributed by atoms with Gasteiger partial charge >= 0.3 is 0 Å². The van der Waals surface area contributed by atoms with E-state index in [1.165, 1.54) is 30.9 Å².